The van der Waals surface area contributed by atoms with Crippen LogP contribution in [-0.4, -0.2) is 22.5 Å². The van der Waals surface area contributed by atoms with Gasteiger partial charge in [-0.1, -0.05) is 0 Å². The highest BCUT2D eigenvalue weighted by Crippen LogP contribution is 2.30. The molecule has 41 heavy (non-hydrogen) atoms. The van der Waals surface area contributed by atoms with Crippen LogP contribution < -0.4 is 16.4 Å². The van der Waals surface area contributed by atoms with Crippen molar-refractivity contribution >= 4 is 28.4 Å². The lowest BCUT2D eigenvalue weighted by molar-refractivity contribution is -0.415. The summed E-state index contributed by atoms with van der Waals surface area (Å²) in [7, 11) is 0. The summed E-state index contributed by atoms with van der Waals surface area (Å²) in [6.45, 7) is 1.70. The molecule has 0 saturated carbocycles. The zero-order valence-corrected chi connectivity index (χ0v) is 19.9. The van der Waals surface area contributed by atoms with Crippen LogP contribution in [0.25, 0.3) is 0 Å². The minimum atomic E-state index is -5.77. The summed E-state index contributed by atoms with van der Waals surface area (Å²) in [6.07, 6.45) is -4.02. The van der Waals surface area contributed by atoms with Gasteiger partial charge in [0, 0.05) is 13.0 Å². The van der Waals surface area contributed by atoms with Crippen molar-refractivity contribution in [1.29, 1.82) is 0 Å². The Balaban J connectivity index is 2.57. The first-order valence-electron chi connectivity index (χ1n) is 11.0. The molecule has 1 atom stereocenters. The Morgan fingerprint density at radius 1 is 0.439 bits per heavy atom. The first kappa shape index (κ1) is 30.1. The van der Waals surface area contributed by atoms with E-state index in [1.54, 1.807) is 0 Å². The van der Waals surface area contributed by atoms with Gasteiger partial charge in [-0.25, -0.2) is 65.9 Å². The summed E-state index contributed by atoms with van der Waals surface area (Å²) >= 11 is 0. The zero-order valence-electron chi connectivity index (χ0n) is 19.9. The summed E-state index contributed by atoms with van der Waals surface area (Å²) in [5.74, 6) is -45.4. The van der Waals surface area contributed by atoms with Crippen LogP contribution in [0.15, 0.2) is 12.2 Å². The third kappa shape index (κ3) is 3.80. The van der Waals surface area contributed by atoms with E-state index in [4.69, 9.17) is 0 Å². The molecule has 0 amide bonds. The Kier molecular flexibility index (Phi) is 7.23. The second kappa shape index (κ2) is 9.87. The number of halogens is 15. The molecule has 0 spiro atoms. The van der Waals surface area contributed by atoms with Gasteiger partial charge in [0.2, 0.25) is 0 Å². The van der Waals surface area contributed by atoms with E-state index >= 15 is 26.3 Å². The Morgan fingerprint density at radius 2 is 0.659 bits per heavy atom. The monoisotopic (exact) mass is 607 g/mol. The predicted molar refractivity (Wildman–Crippen MR) is 113 cm³/mol. The van der Waals surface area contributed by atoms with Crippen LogP contribution in [0, 0.1) is 87.3 Å². The fraction of sp³-hybridized carbons (Fsp3) is 0.125. The number of rotatable bonds is 4. The van der Waals surface area contributed by atoms with E-state index in [9.17, 15) is 39.5 Å². The van der Waals surface area contributed by atoms with E-state index in [1.807, 2.05) is 0 Å². The maximum atomic E-state index is 15.5. The average Bonchev–Trinajstić information content (AvgIpc) is 3.28. The highest BCUT2D eigenvalue weighted by molar-refractivity contribution is 7.06. The van der Waals surface area contributed by atoms with Crippen LogP contribution in [-0.2, 0) is 0 Å². The lowest BCUT2D eigenvalue weighted by Crippen LogP contribution is -2.80. The lowest BCUT2D eigenvalue weighted by atomic mass is 9.22. The molecule has 0 saturated heterocycles. The summed E-state index contributed by atoms with van der Waals surface area (Å²) < 4.78 is 222. The standard InChI is InChI=1S/C24H9BF15N/c1-5-3-4-6(2)41(5)25(7-10(26)16(32)22(38)17(33)11(7)27,8-12(28)18(34)23(39)19(35)13(8)29)9-14(30)20(36)24(40)21(37)15(9)31/h3-5H,1-2H3. The summed E-state index contributed by atoms with van der Waals surface area (Å²) in [4.78, 5) is 0. The maximum Gasteiger partial charge on any atom is 0.373 e. The molecule has 17 heteroatoms. The van der Waals surface area contributed by atoms with E-state index in [2.05, 4.69) is 0 Å². The molecule has 1 aliphatic rings. The van der Waals surface area contributed by atoms with Crippen molar-refractivity contribution in [2.75, 3.05) is 0 Å². The van der Waals surface area contributed by atoms with E-state index in [1.165, 1.54) is 0 Å². The van der Waals surface area contributed by atoms with Crippen molar-refractivity contribution in [3.63, 3.8) is 0 Å². The average molecular weight is 607 g/mol. The number of hydrogen-bond donors (Lipinski definition) is 0. The van der Waals surface area contributed by atoms with Crippen molar-refractivity contribution < 1.29 is 70.3 Å². The molecule has 1 aliphatic heterocycles. The van der Waals surface area contributed by atoms with Gasteiger partial charge in [-0.05, 0) is 29.4 Å². The SMILES string of the molecule is CC1=[N+]([B-](c2c(F)c(F)c(F)c(F)c2F)(c2c(F)c(F)c(F)c(F)c2F)c2c(F)c(F)c(F)c(F)c2F)C(C)C=C1. The number of benzene rings is 3. The normalized spacial score (nSPS) is 15.5. The third-order valence-electron chi connectivity index (χ3n) is 6.86. The topological polar surface area (TPSA) is 3.01 Å². The molecule has 3 aromatic rings. The second-order valence-electron chi connectivity index (χ2n) is 8.92. The molecular weight excluding hydrogens is 598 g/mol. The van der Waals surface area contributed by atoms with Gasteiger partial charge in [-0.3, -0.25) is 0 Å². The Bertz CT molecular complexity index is 1470. The van der Waals surface area contributed by atoms with Crippen molar-refractivity contribution in [2.45, 2.75) is 19.9 Å². The van der Waals surface area contributed by atoms with Gasteiger partial charge < -0.3 is 4.49 Å². The van der Waals surface area contributed by atoms with Gasteiger partial charge in [0.1, 0.15) is 46.7 Å². The van der Waals surface area contributed by atoms with Crippen molar-refractivity contribution in [3.8, 4) is 0 Å². The smallest absolute Gasteiger partial charge is 0.373 e. The summed E-state index contributed by atoms with van der Waals surface area (Å²) in [5, 5.41) is 0. The Labute approximate surface area is 218 Å². The van der Waals surface area contributed by atoms with Gasteiger partial charge in [0.05, 0.1) is 0 Å². The molecule has 0 fully saturated rings. The second-order valence-corrected chi connectivity index (χ2v) is 8.92. The van der Waals surface area contributed by atoms with Crippen LogP contribution in [0.2, 0.25) is 0 Å². The molecular formula is C24H9BF15N. The largest absolute Gasteiger partial charge is 0.437 e. The predicted octanol–water partition coefficient (Wildman–Crippen LogP) is 5.17. The number of nitrogens with zero attached hydrogens (tertiary/aromatic N) is 1. The van der Waals surface area contributed by atoms with Crippen LogP contribution in [0.3, 0.4) is 0 Å². The highest BCUT2D eigenvalue weighted by atomic mass is 19.2. The molecule has 0 aliphatic carbocycles. The number of hydrogen-bond acceptors (Lipinski definition) is 0. The summed E-state index contributed by atoms with van der Waals surface area (Å²) in [6, 6.07) is -1.74. The van der Waals surface area contributed by atoms with Crippen LogP contribution in [0.4, 0.5) is 65.9 Å². The molecule has 0 bridgehead atoms. The minimum Gasteiger partial charge on any atom is -0.437 e. The molecule has 218 valence electrons. The molecule has 0 aromatic heterocycles. The van der Waals surface area contributed by atoms with E-state index < -0.39 is 122 Å². The maximum absolute atomic E-state index is 15.5. The molecule has 1 unspecified atom stereocenters. The van der Waals surface area contributed by atoms with Crippen LogP contribution >= 0.6 is 0 Å². The van der Waals surface area contributed by atoms with Gasteiger partial charge in [0.15, 0.2) is 52.4 Å². The molecule has 3 aromatic carbocycles. The number of allylic oxidation sites excluding steroid dienone is 1. The molecule has 1 nitrogen and oxygen atoms in total. The summed E-state index contributed by atoms with van der Waals surface area (Å²) in [5.41, 5.74) is -8.65. The van der Waals surface area contributed by atoms with Gasteiger partial charge in [0.25, 0.3) is 0 Å². The van der Waals surface area contributed by atoms with Gasteiger partial charge >= 0.3 is 6.28 Å². The Morgan fingerprint density at radius 3 is 0.854 bits per heavy atom. The van der Waals surface area contributed by atoms with E-state index in [0.717, 1.165) is 26.0 Å². The first-order valence-corrected chi connectivity index (χ1v) is 11.0. The highest BCUT2D eigenvalue weighted by Gasteiger charge is 2.59. The van der Waals surface area contributed by atoms with Crippen molar-refractivity contribution in [3.05, 3.63) is 99.4 Å². The molecule has 1 heterocycles. The van der Waals surface area contributed by atoms with Gasteiger partial charge in [-0.2, -0.15) is 0 Å². The van der Waals surface area contributed by atoms with Crippen molar-refractivity contribution in [2.24, 2.45) is 0 Å². The fourth-order valence-corrected chi connectivity index (χ4v) is 5.25. The quantitative estimate of drug-likeness (QED) is 0.167. The molecule has 0 radical (unpaired) electrons. The van der Waals surface area contributed by atoms with E-state index in [-0.39, 0.29) is 4.49 Å². The Hall–Kier alpha value is -3.92. The fourth-order valence-electron chi connectivity index (χ4n) is 5.25. The van der Waals surface area contributed by atoms with E-state index in [0.29, 0.717) is 0 Å². The van der Waals surface area contributed by atoms with Gasteiger partial charge in [-0.15, -0.1) is 0 Å². The minimum absolute atomic E-state index is 0.0365. The molecule has 4 rings (SSSR count). The lowest BCUT2D eigenvalue weighted by Gasteiger charge is -2.41. The molecule has 0 N–H and O–H groups in total. The first-order chi connectivity index (χ1) is 19.0. The van der Waals surface area contributed by atoms with Crippen LogP contribution in [0.5, 0.6) is 0 Å². The van der Waals surface area contributed by atoms with Crippen molar-refractivity contribution in [1.82, 2.24) is 0 Å². The van der Waals surface area contributed by atoms with Crippen LogP contribution in [0.1, 0.15) is 13.8 Å². The third-order valence-corrected chi connectivity index (χ3v) is 6.86. The zero-order chi connectivity index (χ0) is 31.0.